The van der Waals surface area contributed by atoms with Crippen molar-refractivity contribution < 1.29 is 18.0 Å². The third-order valence-electron chi connectivity index (χ3n) is 4.11. The van der Waals surface area contributed by atoms with E-state index in [1.54, 1.807) is 23.5 Å². The minimum Gasteiger partial charge on any atom is -0.350 e. The zero-order valence-electron chi connectivity index (χ0n) is 15.3. The van der Waals surface area contributed by atoms with Gasteiger partial charge in [0.1, 0.15) is 0 Å². The molecular formula is C19H23NO4S2. The van der Waals surface area contributed by atoms with E-state index < -0.39 is 9.84 Å². The topological polar surface area (TPSA) is 80.3 Å². The molecule has 1 N–H and O–H groups in total. The van der Waals surface area contributed by atoms with Crippen LogP contribution in [0.3, 0.4) is 0 Å². The van der Waals surface area contributed by atoms with E-state index in [4.69, 9.17) is 0 Å². The smallest absolute Gasteiger partial charge is 0.220 e. The summed E-state index contributed by atoms with van der Waals surface area (Å²) in [5.41, 5.74) is 1.51. The van der Waals surface area contributed by atoms with Crippen molar-refractivity contribution in [2.45, 2.75) is 44.6 Å². The molecule has 7 heteroatoms. The van der Waals surface area contributed by atoms with E-state index >= 15 is 0 Å². The second-order valence-electron chi connectivity index (χ2n) is 6.38. The summed E-state index contributed by atoms with van der Waals surface area (Å²) in [6, 6.07) is 8.02. The Morgan fingerprint density at radius 2 is 1.73 bits per heavy atom. The molecule has 1 aromatic carbocycles. The number of carbonyl (C=O) groups is 2. The van der Waals surface area contributed by atoms with Crippen LogP contribution in [0.25, 0.3) is 0 Å². The number of amides is 1. The highest BCUT2D eigenvalue weighted by molar-refractivity contribution is 7.90. The molecule has 0 aliphatic carbocycles. The highest BCUT2D eigenvalue weighted by Crippen LogP contribution is 2.22. The summed E-state index contributed by atoms with van der Waals surface area (Å²) in [4.78, 5) is 26.7. The van der Waals surface area contributed by atoms with Gasteiger partial charge in [-0.05, 0) is 44.5 Å². The fourth-order valence-corrected chi connectivity index (χ4v) is 4.24. The van der Waals surface area contributed by atoms with E-state index in [9.17, 15) is 18.0 Å². The SMILES string of the molecule is Cc1cc(C(=O)CCC(=O)NC(C)c2ccc(S(C)(=O)=O)cc2)c(C)s1. The first kappa shape index (κ1) is 20.3. The Labute approximate surface area is 158 Å². The predicted octanol–water partition coefficient (Wildman–Crippen LogP) is 3.61. The molecule has 140 valence electrons. The molecule has 26 heavy (non-hydrogen) atoms. The molecule has 1 unspecified atom stereocenters. The Morgan fingerprint density at radius 3 is 2.23 bits per heavy atom. The van der Waals surface area contributed by atoms with Gasteiger partial charge >= 0.3 is 0 Å². The Kier molecular flexibility index (Phi) is 6.36. The van der Waals surface area contributed by atoms with Crippen LogP contribution < -0.4 is 5.32 Å². The summed E-state index contributed by atoms with van der Waals surface area (Å²) in [6.07, 6.45) is 1.45. The van der Waals surface area contributed by atoms with Gasteiger partial charge in [0.2, 0.25) is 5.91 Å². The number of Topliss-reactive ketones (excluding diaryl/α,β-unsaturated/α-hetero) is 1. The molecule has 0 radical (unpaired) electrons. The number of nitrogens with one attached hydrogen (secondary N) is 1. The third kappa shape index (κ3) is 5.25. The van der Waals surface area contributed by atoms with Gasteiger partial charge in [-0.25, -0.2) is 8.42 Å². The molecule has 1 heterocycles. The Bertz CT molecular complexity index is 912. The molecule has 5 nitrogen and oxygen atoms in total. The summed E-state index contributed by atoms with van der Waals surface area (Å²) < 4.78 is 23.0. The summed E-state index contributed by atoms with van der Waals surface area (Å²) in [6.45, 7) is 5.69. The van der Waals surface area contributed by atoms with E-state index in [-0.39, 0.29) is 35.5 Å². The maximum atomic E-state index is 12.2. The second kappa shape index (κ2) is 8.14. The summed E-state index contributed by atoms with van der Waals surface area (Å²) >= 11 is 1.58. The molecule has 0 aliphatic heterocycles. The summed E-state index contributed by atoms with van der Waals surface area (Å²) in [5.74, 6) is -0.227. The number of carbonyl (C=O) groups excluding carboxylic acids is 2. The lowest BCUT2D eigenvalue weighted by atomic mass is 10.1. The highest BCUT2D eigenvalue weighted by atomic mass is 32.2. The van der Waals surface area contributed by atoms with E-state index in [1.807, 2.05) is 26.8 Å². The van der Waals surface area contributed by atoms with Crippen molar-refractivity contribution in [2.75, 3.05) is 6.26 Å². The molecule has 0 saturated heterocycles. The average Bonchev–Trinajstić information content (AvgIpc) is 2.90. The lowest BCUT2D eigenvalue weighted by molar-refractivity contribution is -0.121. The van der Waals surface area contributed by atoms with Crippen LogP contribution >= 0.6 is 11.3 Å². The van der Waals surface area contributed by atoms with Crippen LogP contribution in [-0.4, -0.2) is 26.4 Å². The number of hydrogen-bond donors (Lipinski definition) is 1. The van der Waals surface area contributed by atoms with Crippen LogP contribution in [0.1, 0.15) is 51.5 Å². The number of hydrogen-bond acceptors (Lipinski definition) is 5. The van der Waals surface area contributed by atoms with E-state index in [1.165, 1.54) is 12.1 Å². The van der Waals surface area contributed by atoms with Crippen LogP contribution in [-0.2, 0) is 14.6 Å². The number of benzene rings is 1. The number of sulfone groups is 1. The molecule has 1 amide bonds. The van der Waals surface area contributed by atoms with Crippen molar-refractivity contribution in [1.29, 1.82) is 0 Å². The number of aryl methyl sites for hydroxylation is 2. The van der Waals surface area contributed by atoms with Gasteiger partial charge in [-0.3, -0.25) is 9.59 Å². The lowest BCUT2D eigenvalue weighted by Crippen LogP contribution is -2.27. The van der Waals surface area contributed by atoms with Gasteiger partial charge in [0.05, 0.1) is 10.9 Å². The van der Waals surface area contributed by atoms with Crippen LogP contribution in [0.5, 0.6) is 0 Å². The van der Waals surface area contributed by atoms with Crippen molar-refractivity contribution in [3.63, 3.8) is 0 Å². The molecule has 0 fully saturated rings. The second-order valence-corrected chi connectivity index (χ2v) is 9.86. The normalized spacial score (nSPS) is 12.6. The number of ketones is 1. The maximum Gasteiger partial charge on any atom is 0.220 e. The minimum absolute atomic E-state index is 0.0211. The quantitative estimate of drug-likeness (QED) is 0.729. The van der Waals surface area contributed by atoms with Gasteiger partial charge in [-0.15, -0.1) is 11.3 Å². The highest BCUT2D eigenvalue weighted by Gasteiger charge is 2.16. The predicted molar refractivity (Wildman–Crippen MR) is 103 cm³/mol. The lowest BCUT2D eigenvalue weighted by Gasteiger charge is -2.14. The van der Waals surface area contributed by atoms with E-state index in [2.05, 4.69) is 5.32 Å². The van der Waals surface area contributed by atoms with Crippen molar-refractivity contribution in [1.82, 2.24) is 5.32 Å². The van der Waals surface area contributed by atoms with Crippen molar-refractivity contribution in [3.8, 4) is 0 Å². The maximum absolute atomic E-state index is 12.2. The van der Waals surface area contributed by atoms with Crippen LogP contribution in [0.2, 0.25) is 0 Å². The van der Waals surface area contributed by atoms with Crippen LogP contribution in [0.4, 0.5) is 0 Å². The van der Waals surface area contributed by atoms with Gasteiger partial charge in [0, 0.05) is 34.4 Å². The third-order valence-corrected chi connectivity index (χ3v) is 6.20. The van der Waals surface area contributed by atoms with Crippen LogP contribution in [0.15, 0.2) is 35.2 Å². The summed E-state index contributed by atoms with van der Waals surface area (Å²) in [5, 5.41) is 2.84. The van der Waals surface area contributed by atoms with Gasteiger partial charge in [-0.2, -0.15) is 0 Å². The minimum atomic E-state index is -3.24. The van der Waals surface area contributed by atoms with Gasteiger partial charge in [0.25, 0.3) is 0 Å². The van der Waals surface area contributed by atoms with Gasteiger partial charge < -0.3 is 5.32 Å². The molecule has 0 bridgehead atoms. The van der Waals surface area contributed by atoms with Gasteiger partial charge in [-0.1, -0.05) is 12.1 Å². The van der Waals surface area contributed by atoms with Crippen molar-refractivity contribution in [3.05, 3.63) is 51.2 Å². The fraction of sp³-hybridized carbons (Fsp3) is 0.368. The zero-order chi connectivity index (χ0) is 19.5. The molecule has 0 aliphatic rings. The van der Waals surface area contributed by atoms with Gasteiger partial charge in [0.15, 0.2) is 15.6 Å². The average molecular weight is 394 g/mol. The summed E-state index contributed by atoms with van der Waals surface area (Å²) in [7, 11) is -3.24. The fourth-order valence-electron chi connectivity index (χ4n) is 2.67. The monoisotopic (exact) mass is 393 g/mol. The van der Waals surface area contributed by atoms with Crippen LogP contribution in [0, 0.1) is 13.8 Å². The molecule has 2 aromatic rings. The number of rotatable bonds is 7. The Morgan fingerprint density at radius 1 is 1.12 bits per heavy atom. The molecule has 0 saturated carbocycles. The first-order chi connectivity index (χ1) is 12.1. The molecule has 1 atom stereocenters. The van der Waals surface area contributed by atoms with Crippen molar-refractivity contribution >= 4 is 32.9 Å². The van der Waals surface area contributed by atoms with E-state index in [0.717, 1.165) is 21.6 Å². The molecule has 2 rings (SSSR count). The molecule has 1 aromatic heterocycles. The zero-order valence-corrected chi connectivity index (χ0v) is 17.0. The Hall–Kier alpha value is -1.99. The molecule has 0 spiro atoms. The largest absolute Gasteiger partial charge is 0.350 e. The van der Waals surface area contributed by atoms with E-state index in [0.29, 0.717) is 5.56 Å². The first-order valence-electron chi connectivity index (χ1n) is 8.27. The molecular weight excluding hydrogens is 370 g/mol. The standard InChI is InChI=1S/C19H23NO4S2/c1-12-11-17(14(3)25-12)18(21)9-10-19(22)20-13(2)15-5-7-16(8-6-15)26(4,23)24/h5-8,11,13H,9-10H2,1-4H3,(H,20,22). The number of thiophene rings is 1. The first-order valence-corrected chi connectivity index (χ1v) is 11.0. The Balaban J connectivity index is 1.91. The van der Waals surface area contributed by atoms with Crippen molar-refractivity contribution in [2.24, 2.45) is 0 Å².